The van der Waals surface area contributed by atoms with Gasteiger partial charge < -0.3 is 4.74 Å². The lowest BCUT2D eigenvalue weighted by Crippen LogP contribution is -2.08. The van der Waals surface area contributed by atoms with E-state index in [1.807, 2.05) is 13.0 Å². The summed E-state index contributed by atoms with van der Waals surface area (Å²) in [5.74, 6) is 0.777. The van der Waals surface area contributed by atoms with E-state index in [2.05, 4.69) is 53.5 Å². The molecule has 1 unspecified atom stereocenters. The molecule has 2 heteroatoms. The van der Waals surface area contributed by atoms with Gasteiger partial charge >= 0.3 is 0 Å². The molecule has 0 saturated carbocycles. The second kappa shape index (κ2) is 5.27. The molecule has 96 valence electrons. The van der Waals surface area contributed by atoms with Crippen LogP contribution in [0.4, 0.5) is 0 Å². The fraction of sp³-hybridized carbons (Fsp3) is 0.235. The van der Waals surface area contributed by atoms with Crippen LogP contribution in [0.5, 0.6) is 0 Å². The minimum absolute atomic E-state index is 0.207. The zero-order chi connectivity index (χ0) is 13.1. The third-order valence-corrected chi connectivity index (χ3v) is 3.26. The second-order valence-electron chi connectivity index (χ2n) is 4.93. The van der Waals surface area contributed by atoms with Crippen LogP contribution in [0.25, 0.3) is 0 Å². The second-order valence-corrected chi connectivity index (χ2v) is 4.93. The predicted molar refractivity (Wildman–Crippen MR) is 77.6 cm³/mol. The average molecular weight is 251 g/mol. The van der Waals surface area contributed by atoms with E-state index in [9.17, 15) is 0 Å². The maximum Gasteiger partial charge on any atom is 0.216 e. The molecule has 0 radical (unpaired) electrons. The zero-order valence-corrected chi connectivity index (χ0v) is 11.0. The van der Waals surface area contributed by atoms with Crippen LogP contribution >= 0.6 is 0 Å². The highest BCUT2D eigenvalue weighted by Crippen LogP contribution is 2.15. The Hall–Kier alpha value is -2.09. The Morgan fingerprint density at radius 1 is 1.00 bits per heavy atom. The third kappa shape index (κ3) is 2.84. The van der Waals surface area contributed by atoms with Crippen molar-refractivity contribution in [3.8, 4) is 0 Å². The summed E-state index contributed by atoms with van der Waals surface area (Å²) in [7, 11) is 0. The van der Waals surface area contributed by atoms with Crippen LogP contribution in [0.2, 0.25) is 0 Å². The number of ether oxygens (including phenoxy) is 1. The van der Waals surface area contributed by atoms with Crippen molar-refractivity contribution in [3.05, 3.63) is 71.3 Å². The van der Waals surface area contributed by atoms with Crippen LogP contribution in [0, 0.1) is 0 Å². The van der Waals surface area contributed by atoms with Gasteiger partial charge in [-0.15, -0.1) is 0 Å². The van der Waals surface area contributed by atoms with Gasteiger partial charge in [-0.3, -0.25) is 0 Å². The molecule has 3 rings (SSSR count). The van der Waals surface area contributed by atoms with Crippen LogP contribution in [0.3, 0.4) is 0 Å². The fourth-order valence-electron chi connectivity index (χ4n) is 2.23. The van der Waals surface area contributed by atoms with Crippen molar-refractivity contribution in [1.82, 2.24) is 0 Å². The summed E-state index contributed by atoms with van der Waals surface area (Å²) in [4.78, 5) is 4.40. The highest BCUT2D eigenvalue weighted by atomic mass is 16.5. The summed E-state index contributed by atoms with van der Waals surface area (Å²) < 4.78 is 5.66. The Balaban J connectivity index is 1.73. The number of benzene rings is 2. The summed E-state index contributed by atoms with van der Waals surface area (Å²) in [6.07, 6.45) is 1.17. The molecule has 0 N–H and O–H groups in total. The van der Waals surface area contributed by atoms with E-state index in [1.165, 1.54) is 11.1 Å². The summed E-state index contributed by atoms with van der Waals surface area (Å²) in [6.45, 7) is 2.81. The highest BCUT2D eigenvalue weighted by Gasteiger charge is 2.16. The van der Waals surface area contributed by atoms with Crippen molar-refractivity contribution in [1.29, 1.82) is 0 Å². The van der Waals surface area contributed by atoms with E-state index in [0.717, 1.165) is 24.4 Å². The molecule has 0 fully saturated rings. The Morgan fingerprint density at radius 2 is 1.68 bits per heavy atom. The zero-order valence-electron chi connectivity index (χ0n) is 11.0. The van der Waals surface area contributed by atoms with Crippen LogP contribution < -0.4 is 0 Å². The SMILES string of the molecule is CC1CN=C(c2ccc(Cc3ccccc3)cc2)O1. The largest absolute Gasteiger partial charge is 0.472 e. The molecule has 2 nitrogen and oxygen atoms in total. The lowest BCUT2D eigenvalue weighted by Gasteiger charge is -2.07. The molecule has 2 aromatic rings. The first-order valence-electron chi connectivity index (χ1n) is 6.65. The van der Waals surface area contributed by atoms with Crippen LogP contribution in [0.15, 0.2) is 59.6 Å². The number of rotatable bonds is 3. The summed E-state index contributed by atoms with van der Waals surface area (Å²) >= 11 is 0. The number of hydrogen-bond acceptors (Lipinski definition) is 2. The monoisotopic (exact) mass is 251 g/mol. The topological polar surface area (TPSA) is 21.6 Å². The molecule has 0 aromatic heterocycles. The van der Waals surface area contributed by atoms with Crippen LogP contribution in [-0.2, 0) is 11.2 Å². The van der Waals surface area contributed by atoms with Gasteiger partial charge in [0.2, 0.25) is 5.90 Å². The maximum absolute atomic E-state index is 5.66. The molecule has 0 aliphatic carbocycles. The molecule has 1 heterocycles. The van der Waals surface area contributed by atoms with Crippen LogP contribution in [-0.4, -0.2) is 18.5 Å². The fourth-order valence-corrected chi connectivity index (χ4v) is 2.23. The van der Waals surface area contributed by atoms with Gasteiger partial charge in [-0.1, -0.05) is 42.5 Å². The number of nitrogens with zero attached hydrogens (tertiary/aromatic N) is 1. The Bertz CT molecular complexity index is 572. The third-order valence-electron chi connectivity index (χ3n) is 3.26. The van der Waals surface area contributed by atoms with E-state index in [0.29, 0.717) is 0 Å². The van der Waals surface area contributed by atoms with Gasteiger partial charge in [0.05, 0.1) is 6.54 Å². The quantitative estimate of drug-likeness (QED) is 0.818. The van der Waals surface area contributed by atoms with Crippen molar-refractivity contribution in [2.75, 3.05) is 6.54 Å². The van der Waals surface area contributed by atoms with E-state index in [-0.39, 0.29) is 6.10 Å². The van der Waals surface area contributed by atoms with Crippen molar-refractivity contribution in [2.45, 2.75) is 19.4 Å². The minimum atomic E-state index is 0.207. The highest BCUT2D eigenvalue weighted by molar-refractivity contribution is 5.95. The number of hydrogen-bond donors (Lipinski definition) is 0. The van der Waals surface area contributed by atoms with E-state index in [4.69, 9.17) is 4.74 Å². The molecule has 1 atom stereocenters. The van der Waals surface area contributed by atoms with Gasteiger partial charge in [0.1, 0.15) is 6.10 Å². The Morgan fingerprint density at radius 3 is 2.32 bits per heavy atom. The van der Waals surface area contributed by atoms with Crippen molar-refractivity contribution >= 4 is 5.90 Å². The lowest BCUT2D eigenvalue weighted by molar-refractivity contribution is 0.246. The first kappa shape index (κ1) is 12.0. The maximum atomic E-state index is 5.66. The van der Waals surface area contributed by atoms with Gasteiger partial charge in [0, 0.05) is 5.56 Å². The molecular formula is C17H17NO. The molecule has 0 saturated heterocycles. The minimum Gasteiger partial charge on any atom is -0.472 e. The smallest absolute Gasteiger partial charge is 0.216 e. The van der Waals surface area contributed by atoms with Gasteiger partial charge in [0.15, 0.2) is 0 Å². The molecule has 0 spiro atoms. The Labute approximate surface area is 113 Å². The average Bonchev–Trinajstić information content (AvgIpc) is 2.87. The van der Waals surface area contributed by atoms with Crippen molar-refractivity contribution in [3.63, 3.8) is 0 Å². The number of aliphatic imine (C=N–C) groups is 1. The first-order chi connectivity index (χ1) is 9.31. The standard InChI is InChI=1S/C17H17NO/c1-13-12-18-17(19-13)16-9-7-15(8-10-16)11-14-5-3-2-4-6-14/h2-10,13H,11-12H2,1H3. The van der Waals surface area contributed by atoms with Gasteiger partial charge in [-0.2, -0.15) is 0 Å². The molecule has 1 aliphatic rings. The molecule has 19 heavy (non-hydrogen) atoms. The normalized spacial score (nSPS) is 17.9. The first-order valence-corrected chi connectivity index (χ1v) is 6.65. The Kier molecular flexibility index (Phi) is 3.32. The molecule has 1 aliphatic heterocycles. The summed E-state index contributed by atoms with van der Waals surface area (Å²) in [6, 6.07) is 19.0. The lowest BCUT2D eigenvalue weighted by atomic mass is 10.0. The van der Waals surface area contributed by atoms with E-state index >= 15 is 0 Å². The molecule has 0 bridgehead atoms. The summed E-state index contributed by atoms with van der Waals surface area (Å²) in [5, 5.41) is 0. The molecular weight excluding hydrogens is 234 g/mol. The molecule has 2 aromatic carbocycles. The van der Waals surface area contributed by atoms with Gasteiger partial charge in [-0.25, -0.2) is 4.99 Å². The van der Waals surface area contributed by atoms with Gasteiger partial charge in [0.25, 0.3) is 0 Å². The molecule has 0 amide bonds. The van der Waals surface area contributed by atoms with E-state index in [1.54, 1.807) is 0 Å². The van der Waals surface area contributed by atoms with Crippen LogP contribution in [0.1, 0.15) is 23.6 Å². The van der Waals surface area contributed by atoms with Crippen molar-refractivity contribution < 1.29 is 4.74 Å². The van der Waals surface area contributed by atoms with Crippen molar-refractivity contribution in [2.24, 2.45) is 4.99 Å². The van der Waals surface area contributed by atoms with Gasteiger partial charge in [-0.05, 0) is 36.6 Å². The van der Waals surface area contributed by atoms with E-state index < -0.39 is 0 Å². The predicted octanol–water partition coefficient (Wildman–Crippen LogP) is 3.44. The summed E-state index contributed by atoms with van der Waals surface area (Å²) in [5.41, 5.74) is 3.71.